The number of carbonyl (C=O) groups excluding carboxylic acids is 2. The molecule has 7 nitrogen and oxygen atoms in total. The second kappa shape index (κ2) is 11.9. The van der Waals surface area contributed by atoms with Gasteiger partial charge < -0.3 is 20.5 Å². The maximum absolute atomic E-state index is 12.8. The van der Waals surface area contributed by atoms with E-state index in [0.29, 0.717) is 12.8 Å². The van der Waals surface area contributed by atoms with E-state index in [9.17, 15) is 14.4 Å². The predicted molar refractivity (Wildman–Crippen MR) is 135 cm³/mol. The highest BCUT2D eigenvalue weighted by Crippen LogP contribution is 2.44. The fourth-order valence-corrected chi connectivity index (χ4v) is 4.51. The molecule has 0 radical (unpaired) electrons. The molecule has 3 N–H and O–H groups in total. The van der Waals surface area contributed by atoms with Crippen molar-refractivity contribution in [1.29, 1.82) is 0 Å². The number of carbonyl (C=O) groups is 3. The third-order valence-corrected chi connectivity index (χ3v) is 6.64. The van der Waals surface area contributed by atoms with E-state index in [1.165, 1.54) is 11.1 Å². The summed E-state index contributed by atoms with van der Waals surface area (Å²) >= 11 is 0. The molecule has 0 heterocycles. The molecule has 1 aliphatic rings. The van der Waals surface area contributed by atoms with Crippen LogP contribution in [0.4, 0.5) is 4.79 Å². The van der Waals surface area contributed by atoms with E-state index in [-0.39, 0.29) is 31.4 Å². The summed E-state index contributed by atoms with van der Waals surface area (Å²) in [5.74, 6) is -1.15. The van der Waals surface area contributed by atoms with E-state index in [0.717, 1.165) is 24.0 Å². The van der Waals surface area contributed by atoms with Gasteiger partial charge in [0.1, 0.15) is 6.61 Å². The third-order valence-electron chi connectivity index (χ3n) is 6.64. The van der Waals surface area contributed by atoms with Crippen molar-refractivity contribution < 1.29 is 24.2 Å². The fourth-order valence-electron chi connectivity index (χ4n) is 4.51. The molecule has 0 fully saturated rings. The number of hydrogen-bond acceptors (Lipinski definition) is 4. The zero-order valence-electron chi connectivity index (χ0n) is 20.8. The summed E-state index contributed by atoms with van der Waals surface area (Å²) in [7, 11) is 0. The normalized spacial score (nSPS) is 13.5. The highest BCUT2D eigenvalue weighted by Gasteiger charge is 2.31. The van der Waals surface area contributed by atoms with Crippen LogP contribution in [0, 0.1) is 5.41 Å². The van der Waals surface area contributed by atoms with Gasteiger partial charge in [-0.05, 0) is 35.1 Å². The van der Waals surface area contributed by atoms with Crippen LogP contribution in [0.5, 0.6) is 0 Å². The summed E-state index contributed by atoms with van der Waals surface area (Å²) in [5, 5.41) is 14.8. The van der Waals surface area contributed by atoms with Crippen LogP contribution in [0.25, 0.3) is 11.1 Å². The molecule has 1 aliphatic carbocycles. The first-order valence-corrected chi connectivity index (χ1v) is 12.3. The number of amides is 2. The van der Waals surface area contributed by atoms with Gasteiger partial charge in [0.05, 0.1) is 6.42 Å². The number of carboxylic acid groups (broad SMARTS) is 1. The van der Waals surface area contributed by atoms with Gasteiger partial charge in [0.2, 0.25) is 5.91 Å². The van der Waals surface area contributed by atoms with Crippen LogP contribution < -0.4 is 10.6 Å². The molecule has 2 aromatic carbocycles. The molecule has 0 bridgehead atoms. The van der Waals surface area contributed by atoms with Crippen LogP contribution >= 0.6 is 0 Å². The van der Waals surface area contributed by atoms with Crippen LogP contribution in [0.3, 0.4) is 0 Å². The first kappa shape index (κ1) is 26.3. The molecule has 2 amide bonds. The number of hydrogen-bond donors (Lipinski definition) is 3. The van der Waals surface area contributed by atoms with Crippen LogP contribution in [0.15, 0.2) is 48.5 Å². The number of unbranched alkanes of at least 4 members (excludes halogenated alkanes) is 1. The molecule has 0 aliphatic heterocycles. The molecule has 0 aromatic heterocycles. The molecule has 35 heavy (non-hydrogen) atoms. The number of rotatable bonds is 12. The van der Waals surface area contributed by atoms with Crippen LogP contribution in [0.1, 0.15) is 69.9 Å². The van der Waals surface area contributed by atoms with Gasteiger partial charge >= 0.3 is 12.1 Å². The molecule has 7 heteroatoms. The summed E-state index contributed by atoms with van der Waals surface area (Å²) in [5.41, 5.74) is 3.88. The predicted octanol–water partition coefficient (Wildman–Crippen LogP) is 5.09. The van der Waals surface area contributed by atoms with Crippen molar-refractivity contribution >= 4 is 18.0 Å². The monoisotopic (exact) mass is 480 g/mol. The Morgan fingerprint density at radius 2 is 1.63 bits per heavy atom. The lowest BCUT2D eigenvalue weighted by molar-refractivity contribution is -0.138. The van der Waals surface area contributed by atoms with Crippen LogP contribution in [-0.4, -0.2) is 42.3 Å². The largest absolute Gasteiger partial charge is 0.481 e. The molecule has 2 aromatic rings. The Balaban J connectivity index is 1.48. The Morgan fingerprint density at radius 1 is 1.03 bits per heavy atom. The van der Waals surface area contributed by atoms with E-state index < -0.39 is 23.5 Å². The van der Waals surface area contributed by atoms with Crippen LogP contribution in [0.2, 0.25) is 0 Å². The molecule has 0 unspecified atom stereocenters. The third kappa shape index (κ3) is 6.84. The number of fused-ring (bicyclic) bond motifs is 3. The summed E-state index contributed by atoms with van der Waals surface area (Å²) in [4.78, 5) is 36.3. The minimum Gasteiger partial charge on any atom is -0.481 e. The number of ether oxygens (including phenoxy) is 1. The molecular weight excluding hydrogens is 444 g/mol. The Hall–Kier alpha value is -3.35. The number of carboxylic acids is 1. The molecule has 1 atom stereocenters. The highest BCUT2D eigenvalue weighted by atomic mass is 16.5. The summed E-state index contributed by atoms with van der Waals surface area (Å²) in [6.45, 7) is 6.12. The zero-order chi connectivity index (χ0) is 25.4. The minimum absolute atomic E-state index is 0.00958. The quantitative estimate of drug-likeness (QED) is 0.392. The van der Waals surface area contributed by atoms with E-state index in [2.05, 4.69) is 34.9 Å². The van der Waals surface area contributed by atoms with Crippen molar-refractivity contribution in [2.75, 3.05) is 13.2 Å². The first-order valence-electron chi connectivity index (χ1n) is 12.3. The van der Waals surface area contributed by atoms with E-state index in [4.69, 9.17) is 9.84 Å². The standard InChI is InChI=1S/C28H36N2O5/c1-4-5-10-19(17-25(31)32)30-26(33)28(2,3)15-16-29-27(34)35-18-24-22-13-8-6-11-20(22)21-12-7-9-14-23(21)24/h6-9,11-14,19,24H,4-5,10,15-18H2,1-3H3,(H,29,34)(H,30,33)(H,31,32)/t19-/m1/s1. The summed E-state index contributed by atoms with van der Waals surface area (Å²) < 4.78 is 5.55. The van der Waals surface area contributed by atoms with Gasteiger partial charge in [0.25, 0.3) is 0 Å². The molecule has 3 rings (SSSR count). The van der Waals surface area contributed by atoms with Gasteiger partial charge in [-0.2, -0.15) is 0 Å². The van der Waals surface area contributed by atoms with Crippen molar-refractivity contribution in [3.63, 3.8) is 0 Å². The summed E-state index contributed by atoms with van der Waals surface area (Å²) in [6.07, 6.45) is 2.19. The molecular formula is C28H36N2O5. The van der Waals surface area contributed by atoms with Gasteiger partial charge in [-0.15, -0.1) is 0 Å². The van der Waals surface area contributed by atoms with Crippen molar-refractivity contribution in [1.82, 2.24) is 10.6 Å². The topological polar surface area (TPSA) is 105 Å². The molecule has 188 valence electrons. The lowest BCUT2D eigenvalue weighted by Crippen LogP contribution is -2.45. The average molecular weight is 481 g/mol. The van der Waals surface area contributed by atoms with Gasteiger partial charge in [-0.25, -0.2) is 4.79 Å². The van der Waals surface area contributed by atoms with Gasteiger partial charge in [0, 0.05) is 23.9 Å². The smallest absolute Gasteiger partial charge is 0.407 e. The van der Waals surface area contributed by atoms with Crippen molar-refractivity contribution in [2.24, 2.45) is 5.41 Å². The van der Waals surface area contributed by atoms with Gasteiger partial charge in [0.15, 0.2) is 0 Å². The molecule has 0 spiro atoms. The Labute approximate surface area is 207 Å². The van der Waals surface area contributed by atoms with E-state index in [1.807, 2.05) is 31.2 Å². The molecule has 0 saturated heterocycles. The number of aliphatic carboxylic acids is 1. The lowest BCUT2D eigenvalue weighted by atomic mass is 9.87. The van der Waals surface area contributed by atoms with Gasteiger partial charge in [-0.1, -0.05) is 82.1 Å². The molecule has 0 saturated carbocycles. The Kier molecular flexibility index (Phi) is 8.90. The van der Waals surface area contributed by atoms with Gasteiger partial charge in [-0.3, -0.25) is 9.59 Å². The number of benzene rings is 2. The number of alkyl carbamates (subject to hydrolysis) is 1. The minimum atomic E-state index is -0.930. The maximum Gasteiger partial charge on any atom is 0.407 e. The second-order valence-electron chi connectivity index (χ2n) is 9.80. The zero-order valence-corrected chi connectivity index (χ0v) is 20.8. The Morgan fingerprint density at radius 3 is 2.20 bits per heavy atom. The van der Waals surface area contributed by atoms with Crippen LogP contribution in [-0.2, 0) is 14.3 Å². The van der Waals surface area contributed by atoms with E-state index in [1.54, 1.807) is 13.8 Å². The van der Waals surface area contributed by atoms with Crippen molar-refractivity contribution in [3.05, 3.63) is 59.7 Å². The maximum atomic E-state index is 12.8. The Bertz CT molecular complexity index is 1000. The second-order valence-corrected chi connectivity index (χ2v) is 9.80. The summed E-state index contributed by atoms with van der Waals surface area (Å²) in [6, 6.07) is 15.9. The van der Waals surface area contributed by atoms with Crippen molar-refractivity contribution in [2.45, 2.75) is 64.8 Å². The lowest BCUT2D eigenvalue weighted by Gasteiger charge is -2.27. The fraction of sp³-hybridized carbons (Fsp3) is 0.464. The number of nitrogens with one attached hydrogen (secondary N) is 2. The van der Waals surface area contributed by atoms with E-state index >= 15 is 0 Å². The highest BCUT2D eigenvalue weighted by molar-refractivity contribution is 5.83. The average Bonchev–Trinajstić information content (AvgIpc) is 3.14. The first-order chi connectivity index (χ1) is 16.7. The van der Waals surface area contributed by atoms with Crippen molar-refractivity contribution in [3.8, 4) is 11.1 Å². The SMILES string of the molecule is CCCC[C@H](CC(=O)O)NC(=O)C(C)(C)CCNC(=O)OCC1c2ccccc2-c2ccccc21.